The van der Waals surface area contributed by atoms with Crippen LogP contribution >= 0.6 is 0 Å². The fourth-order valence-corrected chi connectivity index (χ4v) is 5.33. The van der Waals surface area contributed by atoms with E-state index in [0.29, 0.717) is 0 Å². The molecule has 2 aliphatic rings. The molecule has 0 aromatic heterocycles. The molecule has 2 saturated carbocycles. The molecule has 0 heteroatoms. The van der Waals surface area contributed by atoms with Crippen molar-refractivity contribution in [2.75, 3.05) is 0 Å². The Labute approximate surface area is 183 Å². The average molecular weight is 397 g/mol. The molecular weight excluding hydrogens is 348 g/mol. The van der Waals surface area contributed by atoms with Crippen LogP contribution in [-0.4, -0.2) is 0 Å². The molecule has 2 rings (SSSR count). The van der Waals surface area contributed by atoms with Crippen LogP contribution in [0.15, 0.2) is 24.3 Å². The maximum absolute atomic E-state index is 3.26. The molecule has 0 bridgehead atoms. The van der Waals surface area contributed by atoms with E-state index in [4.69, 9.17) is 0 Å². The monoisotopic (exact) mass is 396 g/mol. The van der Waals surface area contributed by atoms with Crippen molar-refractivity contribution in [2.24, 2.45) is 23.7 Å². The van der Waals surface area contributed by atoms with E-state index in [-0.39, 0.29) is 0 Å². The molecule has 164 valence electrons. The minimum absolute atomic E-state index is 0.781. The summed E-state index contributed by atoms with van der Waals surface area (Å²) < 4.78 is 0. The Balaban J connectivity index is 1.54. The number of rotatable bonds is 11. The van der Waals surface area contributed by atoms with Crippen molar-refractivity contribution in [1.29, 1.82) is 0 Å². The van der Waals surface area contributed by atoms with Gasteiger partial charge in [0, 0.05) is 0 Å². The first kappa shape index (κ1) is 24.3. The van der Waals surface area contributed by atoms with Gasteiger partial charge in [-0.15, -0.1) is 0 Å². The molecule has 0 aromatic carbocycles. The lowest BCUT2D eigenvalue weighted by Gasteiger charge is -2.26. The van der Waals surface area contributed by atoms with Crippen molar-refractivity contribution in [3.8, 4) is 11.8 Å². The number of unbranched alkanes of at least 4 members (excludes halogenated alkanes) is 5. The fraction of sp³-hybridized carbons (Fsp3) is 0.793. The van der Waals surface area contributed by atoms with E-state index >= 15 is 0 Å². The summed E-state index contributed by atoms with van der Waals surface area (Å²) in [5.41, 5.74) is 0. The molecule has 0 N–H and O–H groups in total. The van der Waals surface area contributed by atoms with Crippen molar-refractivity contribution in [2.45, 2.75) is 123 Å². The first-order chi connectivity index (χ1) is 14.3. The normalized spacial score (nSPS) is 27.9. The van der Waals surface area contributed by atoms with Crippen molar-refractivity contribution < 1.29 is 0 Å². The van der Waals surface area contributed by atoms with E-state index in [1.54, 1.807) is 0 Å². The molecule has 0 nitrogen and oxygen atoms in total. The van der Waals surface area contributed by atoms with Gasteiger partial charge in [-0.3, -0.25) is 0 Å². The quantitative estimate of drug-likeness (QED) is 0.241. The van der Waals surface area contributed by atoms with Crippen LogP contribution in [0.1, 0.15) is 123 Å². The summed E-state index contributed by atoms with van der Waals surface area (Å²) in [7, 11) is 0. The molecule has 0 aliphatic heterocycles. The third-order valence-corrected chi connectivity index (χ3v) is 7.45. The molecular formula is C29H48. The highest BCUT2D eigenvalue weighted by molar-refractivity contribution is 5.24. The van der Waals surface area contributed by atoms with E-state index < -0.39 is 0 Å². The number of hydrogen-bond acceptors (Lipinski definition) is 0. The van der Waals surface area contributed by atoms with Crippen LogP contribution in [0.25, 0.3) is 0 Å². The van der Waals surface area contributed by atoms with Gasteiger partial charge in [0.1, 0.15) is 0 Å². The predicted molar refractivity (Wildman–Crippen MR) is 130 cm³/mol. The largest absolute Gasteiger partial charge is 0.0730 e. The topological polar surface area (TPSA) is 0 Å². The summed E-state index contributed by atoms with van der Waals surface area (Å²) in [6.45, 7) is 4.61. The highest BCUT2D eigenvalue weighted by Gasteiger charge is 2.19. The molecule has 0 aromatic rings. The van der Waals surface area contributed by atoms with Crippen LogP contribution in [-0.2, 0) is 0 Å². The van der Waals surface area contributed by atoms with E-state index in [9.17, 15) is 0 Å². The maximum Gasteiger partial charge on any atom is -0.0153 e. The van der Waals surface area contributed by atoms with Gasteiger partial charge in [-0.25, -0.2) is 0 Å². The molecule has 2 fully saturated rings. The van der Waals surface area contributed by atoms with Gasteiger partial charge in [-0.1, -0.05) is 95.6 Å². The second kappa shape index (κ2) is 15.8. The zero-order valence-electron chi connectivity index (χ0n) is 19.6. The van der Waals surface area contributed by atoms with Crippen LogP contribution in [0, 0.1) is 35.5 Å². The van der Waals surface area contributed by atoms with Gasteiger partial charge >= 0.3 is 0 Å². The smallest absolute Gasteiger partial charge is 0.0153 e. The predicted octanol–water partition coefficient (Wildman–Crippen LogP) is 9.27. The molecule has 0 spiro atoms. The van der Waals surface area contributed by atoms with Crippen molar-refractivity contribution in [3.63, 3.8) is 0 Å². The van der Waals surface area contributed by atoms with Crippen molar-refractivity contribution in [1.82, 2.24) is 0 Å². The maximum atomic E-state index is 3.26. The molecule has 0 heterocycles. The first-order valence-electron chi connectivity index (χ1n) is 13.2. The standard InChI is InChI=1S/C29H48/c1-3-5-7-8-11-15-27-22-24-29(25-23-27)17-13-10-9-12-16-28-20-18-26(19-21-28)14-6-4-2/h12-13,16-17,26-29H,3-8,11,14-15,18-25H2,1-2H3. The van der Waals surface area contributed by atoms with Gasteiger partial charge in [-0.05, 0) is 87.2 Å². The number of hydrogen-bond donors (Lipinski definition) is 0. The fourth-order valence-electron chi connectivity index (χ4n) is 5.33. The third-order valence-electron chi connectivity index (χ3n) is 7.45. The minimum atomic E-state index is 0.781. The zero-order valence-corrected chi connectivity index (χ0v) is 19.6. The average Bonchev–Trinajstić information content (AvgIpc) is 2.76. The van der Waals surface area contributed by atoms with Gasteiger partial charge in [0.25, 0.3) is 0 Å². The van der Waals surface area contributed by atoms with Crippen LogP contribution in [0.5, 0.6) is 0 Å². The van der Waals surface area contributed by atoms with Crippen molar-refractivity contribution in [3.05, 3.63) is 24.3 Å². The zero-order chi connectivity index (χ0) is 20.6. The molecule has 2 aliphatic carbocycles. The van der Waals surface area contributed by atoms with Crippen molar-refractivity contribution >= 4 is 0 Å². The summed E-state index contributed by atoms with van der Waals surface area (Å²) in [5.74, 6) is 10.1. The Morgan fingerprint density at radius 1 is 0.552 bits per heavy atom. The molecule has 0 saturated heterocycles. The second-order valence-corrected chi connectivity index (χ2v) is 9.91. The molecule has 0 atom stereocenters. The summed E-state index contributed by atoms with van der Waals surface area (Å²) in [6.07, 6.45) is 33.1. The molecule has 0 unspecified atom stereocenters. The molecule has 0 radical (unpaired) electrons. The summed E-state index contributed by atoms with van der Waals surface area (Å²) in [5, 5.41) is 0. The van der Waals surface area contributed by atoms with Gasteiger partial charge in [0.2, 0.25) is 0 Å². The Hall–Kier alpha value is -0.960. The van der Waals surface area contributed by atoms with E-state index in [1.807, 2.05) is 0 Å². The van der Waals surface area contributed by atoms with E-state index in [0.717, 1.165) is 23.7 Å². The van der Waals surface area contributed by atoms with Gasteiger partial charge in [-0.2, -0.15) is 0 Å². The lowest BCUT2D eigenvalue weighted by Crippen LogP contribution is -2.13. The summed E-state index contributed by atoms with van der Waals surface area (Å²) >= 11 is 0. The Kier molecular flexibility index (Phi) is 13.3. The lowest BCUT2D eigenvalue weighted by atomic mass is 9.79. The van der Waals surface area contributed by atoms with Gasteiger partial charge in [0.05, 0.1) is 0 Å². The Bertz CT molecular complexity index is 498. The van der Waals surface area contributed by atoms with E-state index in [1.165, 1.54) is 109 Å². The Morgan fingerprint density at radius 2 is 1.00 bits per heavy atom. The highest BCUT2D eigenvalue weighted by atomic mass is 14.2. The van der Waals surface area contributed by atoms with Gasteiger partial charge in [0.15, 0.2) is 0 Å². The first-order valence-corrected chi connectivity index (χ1v) is 13.2. The summed E-state index contributed by atoms with van der Waals surface area (Å²) in [4.78, 5) is 0. The highest BCUT2D eigenvalue weighted by Crippen LogP contribution is 2.33. The van der Waals surface area contributed by atoms with Crippen LogP contribution < -0.4 is 0 Å². The van der Waals surface area contributed by atoms with E-state index in [2.05, 4.69) is 50.0 Å². The van der Waals surface area contributed by atoms with Crippen LogP contribution in [0.4, 0.5) is 0 Å². The van der Waals surface area contributed by atoms with Gasteiger partial charge < -0.3 is 0 Å². The minimum Gasteiger partial charge on any atom is -0.0730 e. The summed E-state index contributed by atoms with van der Waals surface area (Å²) in [6, 6.07) is 0. The molecule has 29 heavy (non-hydrogen) atoms. The SMILES string of the molecule is CCCCCCCC1CCC(C=CC#CC=CC2CCC(CCCC)CC2)CC1. The molecule has 0 amide bonds. The third kappa shape index (κ3) is 11.1. The Morgan fingerprint density at radius 3 is 1.48 bits per heavy atom. The lowest BCUT2D eigenvalue weighted by molar-refractivity contribution is 0.288. The van der Waals surface area contributed by atoms with Crippen LogP contribution in [0.3, 0.4) is 0 Å². The second-order valence-electron chi connectivity index (χ2n) is 9.91. The van der Waals surface area contributed by atoms with Crippen LogP contribution in [0.2, 0.25) is 0 Å². The number of allylic oxidation sites excluding steroid dienone is 4.